The van der Waals surface area contributed by atoms with Crippen LogP contribution in [-0.4, -0.2) is 64.5 Å². The van der Waals surface area contributed by atoms with Gasteiger partial charge in [-0.25, -0.2) is 4.79 Å². The van der Waals surface area contributed by atoms with Gasteiger partial charge in [-0.3, -0.25) is 9.59 Å². The molecule has 3 aromatic rings. The summed E-state index contributed by atoms with van der Waals surface area (Å²) in [7, 11) is 0. The lowest BCUT2D eigenvalue weighted by Gasteiger charge is -2.16. The number of rotatable bonds is 9. The maximum atomic E-state index is 12.3. The van der Waals surface area contributed by atoms with Crippen LogP contribution in [-0.2, 0) is 11.2 Å². The number of aliphatic hydroxyl groups is 2. The molecular formula is C23H26ClN3O6. The average Bonchev–Trinajstić information content (AvgIpc) is 2.79. The SMILES string of the molecule is O=C(NC(Cc1cc(=O)[nH]c2ccccc12)C(=O)O)c1ccc(Cl)cc1.OCCNCCO. The van der Waals surface area contributed by atoms with E-state index in [0.717, 1.165) is 5.39 Å². The Labute approximate surface area is 195 Å². The second kappa shape index (κ2) is 13.3. The van der Waals surface area contributed by atoms with Gasteiger partial charge in [-0.2, -0.15) is 0 Å². The third-order valence-electron chi connectivity index (χ3n) is 4.55. The number of hydrogen-bond donors (Lipinski definition) is 6. The Morgan fingerprint density at radius 2 is 1.64 bits per heavy atom. The second-order valence-corrected chi connectivity index (χ2v) is 7.41. The number of aromatic nitrogens is 1. The molecule has 2 aromatic carbocycles. The maximum Gasteiger partial charge on any atom is 0.326 e. The number of carboxylic acid groups (broad SMARTS) is 1. The Morgan fingerprint density at radius 1 is 1.00 bits per heavy atom. The van der Waals surface area contributed by atoms with Crippen LogP contribution in [0.5, 0.6) is 0 Å². The number of aromatic amines is 1. The third-order valence-corrected chi connectivity index (χ3v) is 4.80. The van der Waals surface area contributed by atoms with E-state index in [1.165, 1.54) is 18.2 Å². The van der Waals surface area contributed by atoms with Crippen molar-refractivity contribution in [3.05, 3.63) is 81.1 Å². The van der Waals surface area contributed by atoms with Gasteiger partial charge in [0.15, 0.2) is 0 Å². The number of nitrogens with one attached hydrogen (secondary N) is 3. The van der Waals surface area contributed by atoms with E-state index in [2.05, 4.69) is 15.6 Å². The minimum Gasteiger partial charge on any atom is -0.480 e. The van der Waals surface area contributed by atoms with Crippen LogP contribution >= 0.6 is 11.6 Å². The van der Waals surface area contributed by atoms with Crippen molar-refractivity contribution in [1.82, 2.24) is 15.6 Å². The number of carbonyl (C=O) groups is 2. The first-order valence-corrected chi connectivity index (χ1v) is 10.6. The molecule has 1 unspecified atom stereocenters. The molecule has 1 amide bonds. The zero-order chi connectivity index (χ0) is 24.2. The van der Waals surface area contributed by atoms with Crippen LogP contribution < -0.4 is 16.2 Å². The van der Waals surface area contributed by atoms with Gasteiger partial charge in [0.25, 0.3) is 5.91 Å². The number of H-pyrrole nitrogens is 1. The first kappa shape index (κ1) is 26.0. The van der Waals surface area contributed by atoms with Gasteiger partial charge in [0.1, 0.15) is 6.04 Å². The van der Waals surface area contributed by atoms with Gasteiger partial charge >= 0.3 is 5.97 Å². The summed E-state index contributed by atoms with van der Waals surface area (Å²) in [6.07, 6.45) is -0.0148. The smallest absolute Gasteiger partial charge is 0.326 e. The molecule has 1 atom stereocenters. The highest BCUT2D eigenvalue weighted by Crippen LogP contribution is 2.17. The highest BCUT2D eigenvalue weighted by molar-refractivity contribution is 6.30. The number of halogens is 1. The van der Waals surface area contributed by atoms with Crippen molar-refractivity contribution in [2.75, 3.05) is 26.3 Å². The van der Waals surface area contributed by atoms with E-state index in [1.54, 1.807) is 36.4 Å². The van der Waals surface area contributed by atoms with E-state index >= 15 is 0 Å². The zero-order valence-electron chi connectivity index (χ0n) is 17.8. The monoisotopic (exact) mass is 475 g/mol. The van der Waals surface area contributed by atoms with Crippen LogP contribution in [0.3, 0.4) is 0 Å². The summed E-state index contributed by atoms with van der Waals surface area (Å²) in [5.41, 5.74) is 1.14. The molecule has 6 N–H and O–H groups in total. The van der Waals surface area contributed by atoms with E-state index in [0.29, 0.717) is 34.8 Å². The summed E-state index contributed by atoms with van der Waals surface area (Å²) in [6, 6.07) is 13.4. The Hall–Kier alpha value is -3.24. The largest absolute Gasteiger partial charge is 0.480 e. The van der Waals surface area contributed by atoms with Gasteiger partial charge in [-0.15, -0.1) is 0 Å². The first-order chi connectivity index (χ1) is 15.8. The highest BCUT2D eigenvalue weighted by Gasteiger charge is 2.22. The van der Waals surface area contributed by atoms with Crippen LogP contribution in [0.4, 0.5) is 0 Å². The molecule has 0 aliphatic carbocycles. The normalized spacial score (nSPS) is 11.4. The molecule has 0 saturated carbocycles. The van der Waals surface area contributed by atoms with Crippen molar-refractivity contribution in [2.24, 2.45) is 0 Å². The number of amides is 1. The molecule has 0 spiro atoms. The van der Waals surface area contributed by atoms with Gasteiger partial charge < -0.3 is 30.9 Å². The molecular weight excluding hydrogens is 450 g/mol. The van der Waals surface area contributed by atoms with Crippen molar-refractivity contribution in [3.63, 3.8) is 0 Å². The lowest BCUT2D eigenvalue weighted by molar-refractivity contribution is -0.139. The van der Waals surface area contributed by atoms with Crippen molar-refractivity contribution >= 4 is 34.4 Å². The van der Waals surface area contributed by atoms with Crippen molar-refractivity contribution in [3.8, 4) is 0 Å². The predicted molar refractivity (Wildman–Crippen MR) is 126 cm³/mol. The quantitative estimate of drug-likeness (QED) is 0.254. The number of pyridine rings is 1. The van der Waals surface area contributed by atoms with Crippen molar-refractivity contribution in [1.29, 1.82) is 0 Å². The molecule has 3 rings (SSSR count). The maximum absolute atomic E-state index is 12.3. The van der Waals surface area contributed by atoms with E-state index < -0.39 is 17.9 Å². The average molecular weight is 476 g/mol. The minimum absolute atomic E-state index is 0.0148. The number of hydrogen-bond acceptors (Lipinski definition) is 6. The number of fused-ring (bicyclic) bond motifs is 1. The lowest BCUT2D eigenvalue weighted by Crippen LogP contribution is -2.42. The Morgan fingerprint density at radius 3 is 2.24 bits per heavy atom. The summed E-state index contributed by atoms with van der Waals surface area (Å²) in [4.78, 5) is 38.5. The molecule has 1 heterocycles. The topological polar surface area (TPSA) is 152 Å². The van der Waals surface area contributed by atoms with E-state index in [9.17, 15) is 19.5 Å². The number of aliphatic carboxylic acids is 1. The van der Waals surface area contributed by atoms with Gasteiger partial charge in [0, 0.05) is 47.1 Å². The summed E-state index contributed by atoms with van der Waals surface area (Å²) < 4.78 is 0. The van der Waals surface area contributed by atoms with Crippen LogP contribution in [0.2, 0.25) is 5.02 Å². The fraction of sp³-hybridized carbons (Fsp3) is 0.261. The summed E-state index contributed by atoms with van der Waals surface area (Å²) >= 11 is 5.79. The van der Waals surface area contributed by atoms with Crippen LogP contribution in [0, 0.1) is 0 Å². The van der Waals surface area contributed by atoms with Crippen LogP contribution in [0.25, 0.3) is 10.9 Å². The fourth-order valence-electron chi connectivity index (χ4n) is 2.99. The van der Waals surface area contributed by atoms with Crippen LogP contribution in [0.1, 0.15) is 15.9 Å². The van der Waals surface area contributed by atoms with Crippen LogP contribution in [0.15, 0.2) is 59.4 Å². The molecule has 0 aliphatic heterocycles. The van der Waals surface area contributed by atoms with Gasteiger partial charge in [-0.1, -0.05) is 29.8 Å². The molecule has 33 heavy (non-hydrogen) atoms. The number of carbonyl (C=O) groups excluding carboxylic acids is 1. The zero-order valence-corrected chi connectivity index (χ0v) is 18.5. The third kappa shape index (κ3) is 8.32. The fourth-order valence-corrected chi connectivity index (χ4v) is 3.12. The number of carboxylic acids is 1. The Kier molecular flexibility index (Phi) is 10.5. The second-order valence-electron chi connectivity index (χ2n) is 6.98. The van der Waals surface area contributed by atoms with Gasteiger partial charge in [-0.05, 0) is 35.9 Å². The summed E-state index contributed by atoms with van der Waals surface area (Å²) in [5.74, 6) is -1.71. The number of benzene rings is 2. The van der Waals surface area contributed by atoms with Gasteiger partial charge in [0.2, 0.25) is 5.56 Å². The minimum atomic E-state index is -1.18. The Balaban J connectivity index is 0.000000479. The molecule has 0 aliphatic rings. The molecule has 0 bridgehead atoms. The predicted octanol–water partition coefficient (Wildman–Crippen LogP) is 1.17. The molecule has 176 valence electrons. The molecule has 10 heteroatoms. The van der Waals surface area contributed by atoms with E-state index in [1.807, 2.05) is 0 Å². The van der Waals surface area contributed by atoms with E-state index in [-0.39, 0.29) is 25.2 Å². The summed E-state index contributed by atoms with van der Waals surface area (Å²) in [6.45, 7) is 1.42. The molecule has 9 nitrogen and oxygen atoms in total. The standard InChI is InChI=1S/C19H15ClN2O4.C4H11NO2/c20-13-7-5-11(6-8-13)18(24)22-16(19(25)26)9-12-10-17(23)21-15-4-2-1-3-14(12)15;6-3-1-5-2-4-7/h1-8,10,16H,9H2,(H,21,23)(H,22,24)(H,25,26);5-7H,1-4H2. The lowest BCUT2D eigenvalue weighted by atomic mass is 10.0. The highest BCUT2D eigenvalue weighted by atomic mass is 35.5. The molecule has 0 radical (unpaired) electrons. The summed E-state index contributed by atoms with van der Waals surface area (Å²) in [5, 5.41) is 32.3. The molecule has 0 saturated heterocycles. The first-order valence-electron chi connectivity index (χ1n) is 10.2. The van der Waals surface area contributed by atoms with E-state index in [4.69, 9.17) is 21.8 Å². The number of para-hydroxylation sites is 1. The molecule has 0 fully saturated rings. The van der Waals surface area contributed by atoms with Crippen molar-refractivity contribution < 1.29 is 24.9 Å². The number of aliphatic hydroxyl groups excluding tert-OH is 2. The molecule has 1 aromatic heterocycles. The van der Waals surface area contributed by atoms with Crippen molar-refractivity contribution in [2.45, 2.75) is 12.5 Å². The van der Waals surface area contributed by atoms with Gasteiger partial charge in [0.05, 0.1) is 13.2 Å². The Bertz CT molecular complexity index is 1110.